The van der Waals surface area contributed by atoms with Crippen molar-refractivity contribution in [1.82, 2.24) is 4.90 Å². The Morgan fingerprint density at radius 3 is 2.38 bits per heavy atom. The Morgan fingerprint density at radius 1 is 1.19 bits per heavy atom. The van der Waals surface area contributed by atoms with E-state index < -0.39 is 0 Å². The number of hydrogen-bond acceptors (Lipinski definition) is 2. The zero-order chi connectivity index (χ0) is 11.6. The molecular formula is C14H28N2. The topological polar surface area (TPSA) is 29.3 Å². The minimum absolute atomic E-state index is 0.450. The van der Waals surface area contributed by atoms with E-state index in [9.17, 15) is 0 Å². The normalized spacial score (nSPS) is 41.4. The zero-order valence-corrected chi connectivity index (χ0v) is 11.0. The van der Waals surface area contributed by atoms with Gasteiger partial charge in [-0.05, 0) is 57.0 Å². The minimum Gasteiger partial charge on any atom is -0.330 e. The maximum Gasteiger partial charge on any atom is 0.00676 e. The molecule has 0 aromatic heterocycles. The summed E-state index contributed by atoms with van der Waals surface area (Å²) in [6.45, 7) is 8.22. The van der Waals surface area contributed by atoms with Crippen molar-refractivity contribution in [2.24, 2.45) is 17.1 Å². The molecule has 0 aromatic rings. The van der Waals surface area contributed by atoms with Gasteiger partial charge in [-0.2, -0.15) is 0 Å². The van der Waals surface area contributed by atoms with E-state index >= 15 is 0 Å². The molecular weight excluding hydrogens is 196 g/mol. The van der Waals surface area contributed by atoms with Crippen LogP contribution in [0.5, 0.6) is 0 Å². The maximum atomic E-state index is 6.08. The Bertz CT molecular complexity index is 219. The summed E-state index contributed by atoms with van der Waals surface area (Å²) in [5.41, 5.74) is 6.53. The van der Waals surface area contributed by atoms with Gasteiger partial charge in [-0.25, -0.2) is 0 Å². The summed E-state index contributed by atoms with van der Waals surface area (Å²) in [7, 11) is 0. The molecule has 2 aliphatic rings. The molecule has 2 nitrogen and oxygen atoms in total. The van der Waals surface area contributed by atoms with Gasteiger partial charge in [0.1, 0.15) is 0 Å². The third-order valence-corrected chi connectivity index (χ3v) is 5.00. The van der Waals surface area contributed by atoms with E-state index in [1.807, 2.05) is 0 Å². The first-order valence-electron chi connectivity index (χ1n) is 7.09. The van der Waals surface area contributed by atoms with Gasteiger partial charge in [0.15, 0.2) is 0 Å². The van der Waals surface area contributed by atoms with Gasteiger partial charge in [0.05, 0.1) is 0 Å². The Labute approximate surface area is 101 Å². The lowest BCUT2D eigenvalue weighted by Gasteiger charge is -2.42. The molecule has 1 aliphatic heterocycles. The van der Waals surface area contributed by atoms with E-state index in [4.69, 9.17) is 5.73 Å². The highest BCUT2D eigenvalue weighted by atomic mass is 15.2. The Morgan fingerprint density at radius 2 is 1.88 bits per heavy atom. The number of rotatable bonds is 3. The van der Waals surface area contributed by atoms with Crippen LogP contribution in [0, 0.1) is 11.3 Å². The van der Waals surface area contributed by atoms with Gasteiger partial charge in [0.2, 0.25) is 0 Å². The van der Waals surface area contributed by atoms with Gasteiger partial charge in [-0.3, -0.25) is 0 Å². The summed E-state index contributed by atoms with van der Waals surface area (Å²) in [6, 6.07) is 0.794. The molecule has 0 amide bonds. The first-order valence-corrected chi connectivity index (χ1v) is 7.09. The average molecular weight is 224 g/mol. The van der Waals surface area contributed by atoms with Crippen molar-refractivity contribution in [2.75, 3.05) is 19.6 Å². The van der Waals surface area contributed by atoms with Crippen LogP contribution in [-0.4, -0.2) is 30.6 Å². The van der Waals surface area contributed by atoms with Crippen LogP contribution in [0.2, 0.25) is 0 Å². The van der Waals surface area contributed by atoms with Crippen molar-refractivity contribution in [3.05, 3.63) is 0 Å². The monoisotopic (exact) mass is 224 g/mol. The fraction of sp³-hybridized carbons (Fsp3) is 1.00. The average Bonchev–Trinajstić information content (AvgIpc) is 2.68. The maximum absolute atomic E-state index is 6.08. The molecule has 2 fully saturated rings. The van der Waals surface area contributed by atoms with Crippen LogP contribution in [0.4, 0.5) is 0 Å². The van der Waals surface area contributed by atoms with Crippen molar-refractivity contribution >= 4 is 0 Å². The molecule has 0 aromatic carbocycles. The second-order valence-electron chi connectivity index (χ2n) is 6.35. The second kappa shape index (κ2) is 5.05. The second-order valence-corrected chi connectivity index (χ2v) is 6.35. The van der Waals surface area contributed by atoms with Crippen molar-refractivity contribution < 1.29 is 0 Å². The smallest absolute Gasteiger partial charge is 0.00676 e. The summed E-state index contributed by atoms with van der Waals surface area (Å²) < 4.78 is 0. The lowest BCUT2D eigenvalue weighted by molar-refractivity contribution is 0.0916. The number of likely N-dealkylation sites (tertiary alicyclic amines) is 1. The van der Waals surface area contributed by atoms with Gasteiger partial charge in [-0.1, -0.05) is 19.8 Å². The van der Waals surface area contributed by atoms with E-state index in [1.165, 1.54) is 51.6 Å². The van der Waals surface area contributed by atoms with Crippen LogP contribution in [-0.2, 0) is 0 Å². The molecule has 94 valence electrons. The molecule has 16 heavy (non-hydrogen) atoms. The van der Waals surface area contributed by atoms with Gasteiger partial charge in [0.25, 0.3) is 0 Å². The zero-order valence-electron chi connectivity index (χ0n) is 11.0. The van der Waals surface area contributed by atoms with Crippen molar-refractivity contribution in [2.45, 2.75) is 58.4 Å². The predicted octanol–water partition coefficient (Wildman–Crippen LogP) is 2.63. The van der Waals surface area contributed by atoms with Gasteiger partial charge >= 0.3 is 0 Å². The van der Waals surface area contributed by atoms with Crippen molar-refractivity contribution in [1.29, 1.82) is 0 Å². The first kappa shape index (κ1) is 12.4. The fourth-order valence-corrected chi connectivity index (χ4v) is 3.46. The van der Waals surface area contributed by atoms with Gasteiger partial charge < -0.3 is 10.6 Å². The Hall–Kier alpha value is -0.0800. The molecule has 1 heterocycles. The molecule has 2 N–H and O–H groups in total. The molecule has 2 heteroatoms. The largest absolute Gasteiger partial charge is 0.330 e. The molecule has 1 saturated carbocycles. The SMILES string of the molecule is CC1CCC(CN)(CN2CCCC2C)CC1. The van der Waals surface area contributed by atoms with Crippen LogP contribution in [0.3, 0.4) is 0 Å². The number of hydrogen-bond donors (Lipinski definition) is 1. The minimum atomic E-state index is 0.450. The summed E-state index contributed by atoms with van der Waals surface area (Å²) in [5, 5.41) is 0. The molecule has 0 spiro atoms. The Balaban J connectivity index is 1.93. The molecule has 1 atom stereocenters. The van der Waals surface area contributed by atoms with Crippen LogP contribution < -0.4 is 5.73 Å². The van der Waals surface area contributed by atoms with Gasteiger partial charge in [-0.15, -0.1) is 0 Å². The van der Waals surface area contributed by atoms with Crippen molar-refractivity contribution in [3.8, 4) is 0 Å². The summed E-state index contributed by atoms with van der Waals surface area (Å²) >= 11 is 0. The van der Waals surface area contributed by atoms with Crippen molar-refractivity contribution in [3.63, 3.8) is 0 Å². The quantitative estimate of drug-likeness (QED) is 0.798. The van der Waals surface area contributed by atoms with Crippen LogP contribution >= 0.6 is 0 Å². The molecule has 1 saturated heterocycles. The van der Waals surface area contributed by atoms with Crippen LogP contribution in [0.15, 0.2) is 0 Å². The predicted molar refractivity (Wildman–Crippen MR) is 69.4 cm³/mol. The van der Waals surface area contributed by atoms with E-state index in [2.05, 4.69) is 18.7 Å². The highest BCUT2D eigenvalue weighted by molar-refractivity contribution is 4.90. The van der Waals surface area contributed by atoms with Crippen LogP contribution in [0.1, 0.15) is 52.4 Å². The highest BCUT2D eigenvalue weighted by Crippen LogP contribution is 2.39. The summed E-state index contributed by atoms with van der Waals surface area (Å²) in [4.78, 5) is 2.68. The fourth-order valence-electron chi connectivity index (χ4n) is 3.46. The lowest BCUT2D eigenvalue weighted by Crippen LogP contribution is -2.45. The summed E-state index contributed by atoms with van der Waals surface area (Å²) in [6.07, 6.45) is 8.26. The number of nitrogens with zero attached hydrogens (tertiary/aromatic N) is 1. The summed E-state index contributed by atoms with van der Waals surface area (Å²) in [5.74, 6) is 0.927. The Kier molecular flexibility index (Phi) is 3.91. The van der Waals surface area contributed by atoms with E-state index in [-0.39, 0.29) is 0 Å². The first-order chi connectivity index (χ1) is 7.65. The molecule has 1 aliphatic carbocycles. The van der Waals surface area contributed by atoms with E-state index in [0.29, 0.717) is 5.41 Å². The van der Waals surface area contributed by atoms with Crippen LogP contribution in [0.25, 0.3) is 0 Å². The standard InChI is InChI=1S/C14H28N2/c1-12-5-7-14(10-15,8-6-12)11-16-9-3-4-13(16)2/h12-13H,3-11,15H2,1-2H3. The molecule has 1 unspecified atom stereocenters. The molecule has 0 bridgehead atoms. The molecule has 0 radical (unpaired) electrons. The third-order valence-electron chi connectivity index (χ3n) is 5.00. The number of nitrogens with two attached hydrogens (primary N) is 1. The lowest BCUT2D eigenvalue weighted by atomic mass is 9.70. The third kappa shape index (κ3) is 2.60. The van der Waals surface area contributed by atoms with E-state index in [1.54, 1.807) is 0 Å². The molecule has 2 rings (SSSR count). The van der Waals surface area contributed by atoms with Gasteiger partial charge in [0, 0.05) is 12.6 Å². The van der Waals surface area contributed by atoms with E-state index in [0.717, 1.165) is 18.5 Å². The highest BCUT2D eigenvalue weighted by Gasteiger charge is 2.36.